The molecule has 0 amide bonds. The van der Waals surface area contributed by atoms with Crippen LogP contribution in [0.4, 0.5) is 0 Å². The second-order valence-electron chi connectivity index (χ2n) is 5.65. The summed E-state index contributed by atoms with van der Waals surface area (Å²) in [6.45, 7) is 0.317. The molecule has 0 aliphatic carbocycles. The summed E-state index contributed by atoms with van der Waals surface area (Å²) in [5.74, 6) is 1.46. The van der Waals surface area contributed by atoms with Crippen LogP contribution >= 0.6 is 0 Å². The highest BCUT2D eigenvalue weighted by molar-refractivity contribution is 5.83. The van der Waals surface area contributed by atoms with E-state index in [1.54, 1.807) is 25.3 Å². The fourth-order valence-electron chi connectivity index (χ4n) is 2.68. The van der Waals surface area contributed by atoms with Crippen molar-refractivity contribution < 1.29 is 9.47 Å². The predicted molar refractivity (Wildman–Crippen MR) is 100 cm³/mol. The number of ether oxygens (including phenoxy) is 2. The van der Waals surface area contributed by atoms with Crippen LogP contribution in [-0.4, -0.2) is 7.11 Å². The maximum atomic E-state index is 8.91. The molecule has 4 nitrogen and oxygen atoms in total. The Morgan fingerprint density at radius 3 is 2.46 bits per heavy atom. The van der Waals surface area contributed by atoms with Gasteiger partial charge in [0.2, 0.25) is 0 Å². The molecule has 0 spiro atoms. The summed E-state index contributed by atoms with van der Waals surface area (Å²) in [7, 11) is 1.60. The van der Waals surface area contributed by atoms with Gasteiger partial charge in [0.15, 0.2) is 0 Å². The zero-order valence-corrected chi connectivity index (χ0v) is 14.3. The van der Waals surface area contributed by atoms with E-state index in [-0.39, 0.29) is 5.57 Å². The molecule has 0 bridgehead atoms. The van der Waals surface area contributed by atoms with Gasteiger partial charge in [-0.25, -0.2) is 0 Å². The van der Waals surface area contributed by atoms with Crippen LogP contribution in [0, 0.1) is 22.7 Å². The molecule has 26 heavy (non-hydrogen) atoms. The average molecular weight is 340 g/mol. The van der Waals surface area contributed by atoms with Crippen LogP contribution in [0.15, 0.2) is 66.2 Å². The Morgan fingerprint density at radius 1 is 0.962 bits per heavy atom. The standard InChI is InChI=1S/C22H16N2O2/c1-25-22-9-6-16(10-17(13-23)14-24)11-20(22)15-26-21-8-7-18-4-2-3-5-19(18)12-21/h2-12H,15H2,1H3. The normalized spacial score (nSPS) is 9.81. The zero-order valence-electron chi connectivity index (χ0n) is 14.3. The van der Waals surface area contributed by atoms with Gasteiger partial charge in [0.05, 0.1) is 7.11 Å². The average Bonchev–Trinajstić information content (AvgIpc) is 2.70. The van der Waals surface area contributed by atoms with Crippen LogP contribution in [0.25, 0.3) is 16.8 Å². The van der Waals surface area contributed by atoms with Gasteiger partial charge < -0.3 is 9.47 Å². The third-order valence-electron chi connectivity index (χ3n) is 3.97. The van der Waals surface area contributed by atoms with Gasteiger partial charge in [0.25, 0.3) is 0 Å². The fourth-order valence-corrected chi connectivity index (χ4v) is 2.68. The molecular formula is C22H16N2O2. The lowest BCUT2D eigenvalue weighted by Crippen LogP contribution is -1.99. The molecular weight excluding hydrogens is 324 g/mol. The van der Waals surface area contributed by atoms with Gasteiger partial charge in [-0.05, 0) is 46.7 Å². The van der Waals surface area contributed by atoms with E-state index >= 15 is 0 Å². The van der Waals surface area contributed by atoms with E-state index in [0.29, 0.717) is 12.4 Å². The summed E-state index contributed by atoms with van der Waals surface area (Å²) in [6, 6.07) is 23.2. The molecule has 3 aromatic carbocycles. The van der Waals surface area contributed by atoms with Crippen LogP contribution in [0.5, 0.6) is 11.5 Å². The molecule has 4 heteroatoms. The van der Waals surface area contributed by atoms with Crippen LogP contribution < -0.4 is 9.47 Å². The van der Waals surface area contributed by atoms with E-state index in [1.165, 1.54) is 0 Å². The largest absolute Gasteiger partial charge is 0.496 e. The smallest absolute Gasteiger partial charge is 0.130 e. The number of benzene rings is 3. The number of rotatable bonds is 5. The van der Waals surface area contributed by atoms with E-state index in [4.69, 9.17) is 20.0 Å². The SMILES string of the molecule is COc1ccc(C=C(C#N)C#N)cc1COc1ccc2ccccc2c1. The monoisotopic (exact) mass is 340 g/mol. The number of methoxy groups -OCH3 is 1. The number of fused-ring (bicyclic) bond motifs is 1. The zero-order chi connectivity index (χ0) is 18.4. The minimum atomic E-state index is 0.0524. The van der Waals surface area contributed by atoms with Crippen molar-refractivity contribution >= 4 is 16.8 Å². The Morgan fingerprint density at radius 2 is 1.73 bits per heavy atom. The van der Waals surface area contributed by atoms with Gasteiger partial charge in [-0.3, -0.25) is 0 Å². The van der Waals surface area contributed by atoms with Crippen molar-refractivity contribution in [3.8, 4) is 23.6 Å². The number of allylic oxidation sites excluding steroid dienone is 1. The Bertz CT molecular complexity index is 1040. The molecule has 0 aliphatic rings. The quantitative estimate of drug-likeness (QED) is 0.622. The molecule has 0 aliphatic heterocycles. The van der Waals surface area contributed by atoms with E-state index in [0.717, 1.165) is 27.6 Å². The van der Waals surface area contributed by atoms with Crippen LogP contribution in [0.1, 0.15) is 11.1 Å². The second kappa shape index (κ2) is 7.88. The molecule has 0 radical (unpaired) electrons. The van der Waals surface area contributed by atoms with Crippen molar-refractivity contribution in [2.45, 2.75) is 6.61 Å². The van der Waals surface area contributed by atoms with Gasteiger partial charge in [0.1, 0.15) is 35.8 Å². The highest BCUT2D eigenvalue weighted by atomic mass is 16.5. The molecule has 0 fully saturated rings. The molecule has 0 heterocycles. The lowest BCUT2D eigenvalue weighted by atomic mass is 10.1. The maximum absolute atomic E-state index is 8.91. The minimum Gasteiger partial charge on any atom is -0.496 e. The predicted octanol–water partition coefficient (Wildman–Crippen LogP) is 4.86. The topological polar surface area (TPSA) is 66.0 Å². The lowest BCUT2D eigenvalue weighted by Gasteiger charge is -2.12. The summed E-state index contributed by atoms with van der Waals surface area (Å²) in [5.41, 5.74) is 1.64. The first-order valence-electron chi connectivity index (χ1n) is 8.04. The Balaban J connectivity index is 1.84. The summed E-state index contributed by atoms with van der Waals surface area (Å²) in [6.07, 6.45) is 1.54. The Hall–Kier alpha value is -3.76. The summed E-state index contributed by atoms with van der Waals surface area (Å²) >= 11 is 0. The van der Waals surface area contributed by atoms with Crippen molar-refractivity contribution in [3.63, 3.8) is 0 Å². The number of nitriles is 2. The molecule has 0 N–H and O–H groups in total. The Kier molecular flexibility index (Phi) is 5.17. The molecule has 0 unspecified atom stereocenters. The van der Waals surface area contributed by atoms with E-state index in [1.807, 2.05) is 54.6 Å². The molecule has 126 valence electrons. The third-order valence-corrected chi connectivity index (χ3v) is 3.97. The molecule has 3 aromatic rings. The van der Waals surface area contributed by atoms with Gasteiger partial charge >= 0.3 is 0 Å². The molecule has 0 saturated heterocycles. The first kappa shape index (κ1) is 17.1. The van der Waals surface area contributed by atoms with Crippen molar-refractivity contribution in [3.05, 3.63) is 77.4 Å². The molecule has 0 saturated carbocycles. The third kappa shape index (κ3) is 3.83. The highest BCUT2D eigenvalue weighted by Crippen LogP contribution is 2.25. The first-order valence-corrected chi connectivity index (χ1v) is 8.04. The number of hydrogen-bond acceptors (Lipinski definition) is 4. The summed E-state index contributed by atoms with van der Waals surface area (Å²) in [4.78, 5) is 0. The summed E-state index contributed by atoms with van der Waals surface area (Å²) in [5, 5.41) is 20.1. The van der Waals surface area contributed by atoms with Crippen molar-refractivity contribution in [1.82, 2.24) is 0 Å². The minimum absolute atomic E-state index is 0.0524. The van der Waals surface area contributed by atoms with Gasteiger partial charge in [-0.15, -0.1) is 0 Å². The van der Waals surface area contributed by atoms with Gasteiger partial charge in [-0.2, -0.15) is 10.5 Å². The summed E-state index contributed by atoms with van der Waals surface area (Å²) < 4.78 is 11.3. The van der Waals surface area contributed by atoms with Crippen LogP contribution in [0.2, 0.25) is 0 Å². The first-order chi connectivity index (χ1) is 12.7. The second-order valence-corrected chi connectivity index (χ2v) is 5.65. The van der Waals surface area contributed by atoms with E-state index in [9.17, 15) is 0 Å². The van der Waals surface area contributed by atoms with Crippen molar-refractivity contribution in [1.29, 1.82) is 10.5 Å². The maximum Gasteiger partial charge on any atom is 0.130 e. The van der Waals surface area contributed by atoms with E-state index < -0.39 is 0 Å². The van der Waals surface area contributed by atoms with Crippen molar-refractivity contribution in [2.24, 2.45) is 0 Å². The van der Waals surface area contributed by atoms with E-state index in [2.05, 4.69) is 6.07 Å². The molecule has 0 atom stereocenters. The van der Waals surface area contributed by atoms with Crippen LogP contribution in [-0.2, 0) is 6.61 Å². The molecule has 0 aromatic heterocycles. The Labute approximate surface area is 152 Å². The van der Waals surface area contributed by atoms with Gasteiger partial charge in [0, 0.05) is 5.56 Å². The highest BCUT2D eigenvalue weighted by Gasteiger charge is 2.06. The van der Waals surface area contributed by atoms with Gasteiger partial charge in [-0.1, -0.05) is 36.4 Å². The lowest BCUT2D eigenvalue weighted by molar-refractivity contribution is 0.297. The van der Waals surface area contributed by atoms with Crippen LogP contribution in [0.3, 0.4) is 0 Å². The number of nitrogens with zero attached hydrogens (tertiary/aromatic N) is 2. The number of hydrogen-bond donors (Lipinski definition) is 0. The van der Waals surface area contributed by atoms with Crippen molar-refractivity contribution in [2.75, 3.05) is 7.11 Å². The fraction of sp³-hybridized carbons (Fsp3) is 0.0909. The molecule has 3 rings (SSSR count).